The lowest BCUT2D eigenvalue weighted by Crippen LogP contribution is -2.56. The van der Waals surface area contributed by atoms with Crippen molar-refractivity contribution in [1.29, 1.82) is 0 Å². The number of carbonyl (C=O) groups is 1. The van der Waals surface area contributed by atoms with Crippen LogP contribution in [0.1, 0.15) is 32.3 Å². The van der Waals surface area contributed by atoms with Crippen LogP contribution in [0.15, 0.2) is 41.5 Å². The van der Waals surface area contributed by atoms with Gasteiger partial charge in [-0.3, -0.25) is 9.69 Å². The second-order valence-corrected chi connectivity index (χ2v) is 8.96. The molecular formula is C22H24Cl2N4O2. The SMILES string of the molecule is C[C@@H]1COC[C@H](N2C(=O)C[C@@](C)(c3cccc(-c4cccnc4Cl)c3Cl)N=C2N)C1. The first-order valence-electron chi connectivity index (χ1n) is 9.95. The van der Waals surface area contributed by atoms with E-state index in [0.717, 1.165) is 23.1 Å². The van der Waals surface area contributed by atoms with Gasteiger partial charge in [-0.2, -0.15) is 0 Å². The molecule has 0 bridgehead atoms. The van der Waals surface area contributed by atoms with E-state index in [9.17, 15) is 4.79 Å². The predicted molar refractivity (Wildman–Crippen MR) is 119 cm³/mol. The van der Waals surface area contributed by atoms with Crippen LogP contribution in [0, 0.1) is 5.92 Å². The molecule has 158 valence electrons. The van der Waals surface area contributed by atoms with Crippen molar-refractivity contribution in [2.45, 2.75) is 38.3 Å². The Bertz CT molecular complexity index is 1010. The molecule has 2 aliphatic rings. The van der Waals surface area contributed by atoms with Crippen LogP contribution >= 0.6 is 23.2 Å². The van der Waals surface area contributed by atoms with Crippen molar-refractivity contribution < 1.29 is 9.53 Å². The Labute approximate surface area is 186 Å². The summed E-state index contributed by atoms with van der Waals surface area (Å²) in [6, 6.07) is 9.20. The van der Waals surface area contributed by atoms with Gasteiger partial charge in [-0.05, 0) is 37.0 Å². The summed E-state index contributed by atoms with van der Waals surface area (Å²) < 4.78 is 5.63. The average molecular weight is 447 g/mol. The van der Waals surface area contributed by atoms with Gasteiger partial charge in [-0.15, -0.1) is 0 Å². The van der Waals surface area contributed by atoms with Gasteiger partial charge < -0.3 is 10.5 Å². The molecule has 1 aromatic heterocycles. The number of hydrogen-bond donors (Lipinski definition) is 1. The summed E-state index contributed by atoms with van der Waals surface area (Å²) in [4.78, 5) is 23.6. The lowest BCUT2D eigenvalue weighted by atomic mass is 9.85. The molecule has 8 heteroatoms. The largest absolute Gasteiger partial charge is 0.379 e. The molecule has 0 spiro atoms. The van der Waals surface area contributed by atoms with Gasteiger partial charge >= 0.3 is 0 Å². The molecule has 1 amide bonds. The topological polar surface area (TPSA) is 80.8 Å². The van der Waals surface area contributed by atoms with Gasteiger partial charge in [0.2, 0.25) is 5.91 Å². The fourth-order valence-corrected chi connectivity index (χ4v) is 4.98. The van der Waals surface area contributed by atoms with Crippen LogP contribution in [-0.2, 0) is 15.1 Å². The summed E-state index contributed by atoms with van der Waals surface area (Å²) in [6.45, 7) is 5.16. The molecular weight excluding hydrogens is 423 g/mol. The number of guanidine groups is 1. The molecule has 3 atom stereocenters. The molecule has 6 nitrogen and oxygen atoms in total. The summed E-state index contributed by atoms with van der Waals surface area (Å²) in [5.41, 5.74) is 7.63. The molecule has 1 saturated heterocycles. The van der Waals surface area contributed by atoms with Gasteiger partial charge in [0.1, 0.15) is 5.15 Å². The number of carbonyl (C=O) groups excluding carboxylic acids is 1. The molecule has 4 rings (SSSR count). The van der Waals surface area contributed by atoms with Crippen LogP contribution in [0.4, 0.5) is 0 Å². The van der Waals surface area contributed by atoms with E-state index in [2.05, 4.69) is 11.9 Å². The number of rotatable bonds is 3. The van der Waals surface area contributed by atoms with Gasteiger partial charge in [0, 0.05) is 23.9 Å². The minimum Gasteiger partial charge on any atom is -0.379 e. The van der Waals surface area contributed by atoms with Crippen molar-refractivity contribution >= 4 is 35.1 Å². The summed E-state index contributed by atoms with van der Waals surface area (Å²) in [6.07, 6.45) is 2.64. The van der Waals surface area contributed by atoms with Crippen LogP contribution in [-0.4, -0.2) is 41.0 Å². The third-order valence-corrected chi connectivity index (χ3v) is 6.46. The summed E-state index contributed by atoms with van der Waals surface area (Å²) >= 11 is 13.1. The number of aliphatic imine (C=N–C) groups is 1. The second-order valence-electron chi connectivity index (χ2n) is 8.23. The van der Waals surface area contributed by atoms with E-state index >= 15 is 0 Å². The van der Waals surface area contributed by atoms with E-state index in [1.54, 1.807) is 17.2 Å². The Morgan fingerprint density at radius 3 is 2.67 bits per heavy atom. The smallest absolute Gasteiger partial charge is 0.232 e. The van der Waals surface area contributed by atoms with Crippen molar-refractivity contribution in [2.75, 3.05) is 13.2 Å². The van der Waals surface area contributed by atoms with Gasteiger partial charge in [-0.25, -0.2) is 9.98 Å². The first-order valence-corrected chi connectivity index (χ1v) is 10.7. The third kappa shape index (κ3) is 3.80. The third-order valence-electron chi connectivity index (χ3n) is 5.75. The standard InChI is InChI=1S/C22H24Cl2N4O2/c1-13-9-14(12-30-11-13)28-18(29)10-22(2,27-21(28)25)17-7-3-5-15(19(17)23)16-6-4-8-26-20(16)24/h3-8,13-14H,9-12H2,1-2H3,(H2,25,27)/t13-,14+,22-/m0/s1. The van der Waals surface area contributed by atoms with Crippen molar-refractivity contribution in [3.8, 4) is 11.1 Å². The number of nitrogens with zero attached hydrogens (tertiary/aromatic N) is 3. The van der Waals surface area contributed by atoms with Crippen LogP contribution < -0.4 is 5.73 Å². The van der Waals surface area contributed by atoms with Crippen LogP contribution in [0.3, 0.4) is 0 Å². The number of benzene rings is 1. The van der Waals surface area contributed by atoms with Crippen LogP contribution in [0.2, 0.25) is 10.2 Å². The second kappa shape index (κ2) is 8.17. The highest BCUT2D eigenvalue weighted by Crippen LogP contribution is 2.42. The number of ether oxygens (including phenoxy) is 1. The maximum atomic E-state index is 13.2. The average Bonchev–Trinajstić information content (AvgIpc) is 2.68. The summed E-state index contributed by atoms with van der Waals surface area (Å²) in [7, 11) is 0. The van der Waals surface area contributed by atoms with E-state index in [1.807, 2.05) is 31.2 Å². The van der Waals surface area contributed by atoms with E-state index in [1.165, 1.54) is 0 Å². The maximum absolute atomic E-state index is 13.2. The molecule has 2 aliphatic heterocycles. The molecule has 0 aliphatic carbocycles. The van der Waals surface area contributed by atoms with E-state index in [0.29, 0.717) is 29.3 Å². The molecule has 0 radical (unpaired) electrons. The number of aromatic nitrogens is 1. The van der Waals surface area contributed by atoms with Gasteiger partial charge in [0.25, 0.3) is 0 Å². The van der Waals surface area contributed by atoms with Gasteiger partial charge in [0.15, 0.2) is 5.96 Å². The summed E-state index contributed by atoms with van der Waals surface area (Å²) in [5.74, 6) is 0.499. The maximum Gasteiger partial charge on any atom is 0.232 e. The van der Waals surface area contributed by atoms with E-state index < -0.39 is 5.54 Å². The molecule has 2 N–H and O–H groups in total. The molecule has 0 saturated carbocycles. The molecule has 1 fully saturated rings. The number of amides is 1. The molecule has 0 unspecified atom stereocenters. The zero-order valence-corrected chi connectivity index (χ0v) is 18.5. The van der Waals surface area contributed by atoms with Crippen molar-refractivity contribution in [1.82, 2.24) is 9.88 Å². The minimum absolute atomic E-state index is 0.0754. The van der Waals surface area contributed by atoms with Gasteiger partial charge in [-0.1, -0.05) is 48.3 Å². The lowest BCUT2D eigenvalue weighted by molar-refractivity contribution is -0.134. The first kappa shape index (κ1) is 21.1. The number of halogens is 2. The number of pyridine rings is 1. The fraction of sp³-hybridized carbons (Fsp3) is 0.409. The van der Waals surface area contributed by atoms with E-state index in [-0.39, 0.29) is 24.3 Å². The number of hydrogen-bond acceptors (Lipinski definition) is 5. The Morgan fingerprint density at radius 2 is 1.97 bits per heavy atom. The normalized spacial score (nSPS) is 27.1. The highest BCUT2D eigenvalue weighted by Gasteiger charge is 2.42. The molecule has 1 aromatic carbocycles. The quantitative estimate of drug-likeness (QED) is 0.714. The Hall–Kier alpha value is -2.15. The van der Waals surface area contributed by atoms with Crippen molar-refractivity contribution in [2.24, 2.45) is 16.6 Å². The van der Waals surface area contributed by atoms with Crippen LogP contribution in [0.5, 0.6) is 0 Å². The summed E-state index contributed by atoms with van der Waals surface area (Å²) in [5, 5.41) is 0.851. The fourth-order valence-electron chi connectivity index (χ4n) is 4.33. The minimum atomic E-state index is -0.874. The van der Waals surface area contributed by atoms with Crippen LogP contribution in [0.25, 0.3) is 11.1 Å². The van der Waals surface area contributed by atoms with Crippen molar-refractivity contribution in [3.05, 3.63) is 52.3 Å². The molecule has 3 heterocycles. The highest BCUT2D eigenvalue weighted by atomic mass is 35.5. The zero-order valence-electron chi connectivity index (χ0n) is 16.9. The Balaban J connectivity index is 1.72. The lowest BCUT2D eigenvalue weighted by Gasteiger charge is -2.41. The molecule has 2 aromatic rings. The first-order chi connectivity index (χ1) is 14.3. The Kier molecular flexibility index (Phi) is 5.75. The highest BCUT2D eigenvalue weighted by molar-refractivity contribution is 6.36. The molecule has 30 heavy (non-hydrogen) atoms. The predicted octanol–water partition coefficient (Wildman–Crippen LogP) is 4.24. The van der Waals surface area contributed by atoms with E-state index in [4.69, 9.17) is 38.7 Å². The number of nitrogens with two attached hydrogens (primary N) is 1. The van der Waals surface area contributed by atoms with Crippen molar-refractivity contribution in [3.63, 3.8) is 0 Å². The zero-order chi connectivity index (χ0) is 21.5. The monoisotopic (exact) mass is 446 g/mol. The van der Waals surface area contributed by atoms with Gasteiger partial charge in [0.05, 0.1) is 29.6 Å². The Morgan fingerprint density at radius 1 is 1.20 bits per heavy atom.